The fourth-order valence-electron chi connectivity index (χ4n) is 4.64. The molecule has 8 nitrogen and oxygen atoms in total. The summed E-state index contributed by atoms with van der Waals surface area (Å²) in [7, 11) is 0. The van der Waals surface area contributed by atoms with Crippen LogP contribution in [0, 0.1) is 0 Å². The molecule has 0 aliphatic carbocycles. The minimum atomic E-state index is -0.623. The number of hydrogen-bond donors (Lipinski definition) is 4. The van der Waals surface area contributed by atoms with E-state index in [0.29, 0.717) is 52.0 Å². The Kier molecular flexibility index (Phi) is 8.29. The molecule has 0 aliphatic rings. The molecule has 0 spiro atoms. The van der Waals surface area contributed by atoms with E-state index in [-0.39, 0.29) is 5.91 Å². The lowest BCUT2D eigenvalue weighted by molar-refractivity contribution is 0.0944. The molecular weight excluding hydrogens is 540 g/mol. The first-order valence-corrected chi connectivity index (χ1v) is 13.7. The summed E-state index contributed by atoms with van der Waals surface area (Å²) in [6, 6.07) is 36.1. The van der Waals surface area contributed by atoms with E-state index in [9.17, 15) is 9.59 Å². The number of ether oxygens (including phenoxy) is 2. The summed E-state index contributed by atoms with van der Waals surface area (Å²) in [6.07, 6.45) is 0. The Morgan fingerprint density at radius 1 is 0.581 bits per heavy atom. The predicted octanol–water partition coefficient (Wildman–Crippen LogP) is 6.27. The van der Waals surface area contributed by atoms with Gasteiger partial charge in [0.2, 0.25) is 5.91 Å². The van der Waals surface area contributed by atoms with Crippen molar-refractivity contribution in [1.29, 1.82) is 0 Å². The molecule has 0 fully saturated rings. The molecule has 0 unspecified atom stereocenters. The zero-order valence-corrected chi connectivity index (χ0v) is 23.6. The molecule has 0 bridgehead atoms. The Bertz CT molecular complexity index is 1610. The SMILES string of the molecule is CC(CNC(=O)c1ccc(C(N)=O)cc1)(c1ccc(Oc2ccc(N)cc2)cc1)c1ccc(Oc2ccc(N)cc2)cc1. The van der Waals surface area contributed by atoms with E-state index < -0.39 is 11.3 Å². The number of primary amides is 1. The van der Waals surface area contributed by atoms with E-state index in [2.05, 4.69) is 12.2 Å². The molecule has 0 aliphatic heterocycles. The quantitative estimate of drug-likeness (QED) is 0.145. The number of hydrogen-bond acceptors (Lipinski definition) is 6. The van der Waals surface area contributed by atoms with E-state index in [1.807, 2.05) is 72.8 Å². The van der Waals surface area contributed by atoms with Crippen molar-refractivity contribution in [2.24, 2.45) is 5.73 Å². The molecule has 0 aromatic heterocycles. The van der Waals surface area contributed by atoms with Crippen molar-refractivity contribution in [2.75, 3.05) is 18.0 Å². The van der Waals surface area contributed by atoms with Crippen LogP contribution >= 0.6 is 0 Å². The van der Waals surface area contributed by atoms with Crippen molar-refractivity contribution in [3.05, 3.63) is 144 Å². The van der Waals surface area contributed by atoms with Crippen LogP contribution in [0.25, 0.3) is 0 Å². The second-order valence-corrected chi connectivity index (χ2v) is 10.3. The van der Waals surface area contributed by atoms with Gasteiger partial charge in [-0.1, -0.05) is 24.3 Å². The molecule has 0 heterocycles. The molecule has 0 atom stereocenters. The molecule has 0 saturated heterocycles. The summed E-state index contributed by atoms with van der Waals surface area (Å²) < 4.78 is 12.0. The van der Waals surface area contributed by atoms with Gasteiger partial charge < -0.3 is 32.0 Å². The van der Waals surface area contributed by atoms with Crippen LogP contribution in [-0.4, -0.2) is 18.4 Å². The van der Waals surface area contributed by atoms with Crippen LogP contribution in [0.3, 0.4) is 0 Å². The first-order valence-electron chi connectivity index (χ1n) is 13.7. The van der Waals surface area contributed by atoms with E-state index in [0.717, 1.165) is 11.1 Å². The van der Waals surface area contributed by atoms with Gasteiger partial charge in [-0.2, -0.15) is 0 Å². The predicted molar refractivity (Wildman–Crippen MR) is 168 cm³/mol. The smallest absolute Gasteiger partial charge is 0.251 e. The zero-order chi connectivity index (χ0) is 30.4. The summed E-state index contributed by atoms with van der Waals surface area (Å²) >= 11 is 0. The van der Waals surface area contributed by atoms with Gasteiger partial charge in [-0.3, -0.25) is 9.59 Å². The van der Waals surface area contributed by atoms with E-state index in [1.54, 1.807) is 36.4 Å². The Balaban J connectivity index is 1.39. The Labute approximate surface area is 250 Å². The number of carbonyl (C=O) groups excluding carboxylic acids is 2. The van der Waals surface area contributed by atoms with Crippen LogP contribution < -0.4 is 32.0 Å². The van der Waals surface area contributed by atoms with E-state index in [4.69, 9.17) is 26.7 Å². The fourth-order valence-corrected chi connectivity index (χ4v) is 4.64. The average Bonchev–Trinajstić information content (AvgIpc) is 3.02. The lowest BCUT2D eigenvalue weighted by Crippen LogP contribution is -2.39. The second kappa shape index (κ2) is 12.4. The summed E-state index contributed by atoms with van der Waals surface area (Å²) in [5, 5.41) is 3.06. The third-order valence-electron chi connectivity index (χ3n) is 7.25. The number of nitrogens with one attached hydrogen (secondary N) is 1. The number of benzene rings is 5. The molecule has 8 heteroatoms. The van der Waals surface area contributed by atoms with Gasteiger partial charge in [-0.25, -0.2) is 0 Å². The maximum Gasteiger partial charge on any atom is 0.251 e. The van der Waals surface area contributed by atoms with Crippen LogP contribution in [0.1, 0.15) is 38.8 Å². The number of anilines is 2. The Morgan fingerprint density at radius 3 is 1.30 bits per heavy atom. The van der Waals surface area contributed by atoms with Crippen LogP contribution in [-0.2, 0) is 5.41 Å². The third-order valence-corrected chi connectivity index (χ3v) is 7.25. The van der Waals surface area contributed by atoms with E-state index in [1.165, 1.54) is 12.1 Å². The highest BCUT2D eigenvalue weighted by atomic mass is 16.5. The highest BCUT2D eigenvalue weighted by molar-refractivity contribution is 5.97. The van der Waals surface area contributed by atoms with Gasteiger partial charge in [0.25, 0.3) is 5.91 Å². The Morgan fingerprint density at radius 2 is 0.930 bits per heavy atom. The molecule has 2 amide bonds. The lowest BCUT2D eigenvalue weighted by Gasteiger charge is -2.31. The normalized spacial score (nSPS) is 11.0. The fraction of sp³-hybridized carbons (Fsp3) is 0.0857. The van der Waals surface area contributed by atoms with Crippen molar-refractivity contribution in [1.82, 2.24) is 5.32 Å². The zero-order valence-electron chi connectivity index (χ0n) is 23.6. The van der Waals surface area contributed by atoms with Crippen molar-refractivity contribution in [3.8, 4) is 23.0 Å². The number of nitrogens with two attached hydrogens (primary N) is 3. The molecule has 5 rings (SSSR count). The average molecular weight is 573 g/mol. The highest BCUT2D eigenvalue weighted by Gasteiger charge is 2.30. The second-order valence-electron chi connectivity index (χ2n) is 10.3. The first kappa shape index (κ1) is 28.8. The maximum atomic E-state index is 13.1. The van der Waals surface area contributed by atoms with Gasteiger partial charge in [-0.05, 0) is 115 Å². The van der Waals surface area contributed by atoms with Crippen molar-refractivity contribution in [3.63, 3.8) is 0 Å². The van der Waals surface area contributed by atoms with Gasteiger partial charge in [0.15, 0.2) is 0 Å². The van der Waals surface area contributed by atoms with Crippen LogP contribution in [0.5, 0.6) is 23.0 Å². The van der Waals surface area contributed by atoms with Gasteiger partial charge in [0.1, 0.15) is 23.0 Å². The van der Waals surface area contributed by atoms with Crippen molar-refractivity contribution in [2.45, 2.75) is 12.3 Å². The van der Waals surface area contributed by atoms with Crippen molar-refractivity contribution >= 4 is 23.2 Å². The first-order chi connectivity index (χ1) is 20.7. The maximum absolute atomic E-state index is 13.1. The molecule has 0 saturated carbocycles. The molecular formula is C35H32N4O4. The summed E-state index contributed by atoms with van der Waals surface area (Å²) in [6.45, 7) is 2.36. The van der Waals surface area contributed by atoms with Crippen LogP contribution in [0.4, 0.5) is 11.4 Å². The highest BCUT2D eigenvalue weighted by Crippen LogP contribution is 2.35. The number of carbonyl (C=O) groups is 2. The third kappa shape index (κ3) is 6.94. The standard InChI is InChI=1S/C35H32N4O4/c1-35(22-39-34(41)24-4-2-23(3-5-24)33(38)40,25-6-14-29(15-7-25)42-31-18-10-27(36)11-19-31)26-8-16-30(17-9-26)43-32-20-12-28(37)13-21-32/h2-21H,22,36-37H2,1H3,(H2,38,40)(H,39,41). The summed E-state index contributed by atoms with van der Waals surface area (Å²) in [5.74, 6) is 1.87. The minimum Gasteiger partial charge on any atom is -0.457 e. The van der Waals surface area contributed by atoms with E-state index >= 15 is 0 Å². The summed E-state index contributed by atoms with van der Waals surface area (Å²) in [5.41, 5.74) is 20.3. The topological polar surface area (TPSA) is 143 Å². The monoisotopic (exact) mass is 572 g/mol. The molecule has 216 valence electrons. The van der Waals surface area contributed by atoms with Gasteiger partial charge >= 0.3 is 0 Å². The number of amides is 2. The summed E-state index contributed by atoms with van der Waals surface area (Å²) in [4.78, 5) is 24.5. The number of nitrogen functional groups attached to an aromatic ring is 2. The Hall–Kier alpha value is -5.76. The lowest BCUT2D eigenvalue weighted by atomic mass is 9.76. The largest absolute Gasteiger partial charge is 0.457 e. The minimum absolute atomic E-state index is 0.270. The molecule has 0 radical (unpaired) electrons. The van der Waals surface area contributed by atoms with Gasteiger partial charge in [-0.15, -0.1) is 0 Å². The van der Waals surface area contributed by atoms with Crippen LogP contribution in [0.2, 0.25) is 0 Å². The molecule has 5 aromatic rings. The van der Waals surface area contributed by atoms with Crippen molar-refractivity contribution < 1.29 is 19.1 Å². The van der Waals surface area contributed by atoms with Crippen LogP contribution in [0.15, 0.2) is 121 Å². The molecule has 7 N–H and O–H groups in total. The molecule has 43 heavy (non-hydrogen) atoms. The number of rotatable bonds is 10. The molecule has 5 aromatic carbocycles. The van der Waals surface area contributed by atoms with Gasteiger partial charge in [0.05, 0.1) is 0 Å². The van der Waals surface area contributed by atoms with Gasteiger partial charge in [0, 0.05) is 34.5 Å².